The molecule has 0 saturated carbocycles. The summed E-state index contributed by atoms with van der Waals surface area (Å²) in [6.07, 6.45) is 0.707. The number of hydrogen-bond acceptors (Lipinski definition) is 2. The Morgan fingerprint density at radius 2 is 1.75 bits per heavy atom. The van der Waals surface area contributed by atoms with Gasteiger partial charge < -0.3 is 4.57 Å². The highest BCUT2D eigenvalue weighted by atomic mass is 16.1. The second-order valence-corrected chi connectivity index (χ2v) is 4.23. The largest absolute Gasteiger partial charge is 0.311 e. The Bertz CT molecular complexity index is 667. The number of carbonyl (C=O) groups excluding carboxylic acids is 1. The Morgan fingerprint density at radius 1 is 1.06 bits per heavy atom. The molecule has 0 unspecified atom stereocenters. The van der Waals surface area contributed by atoms with Gasteiger partial charge in [-0.1, -0.05) is 18.2 Å². The summed E-state index contributed by atoms with van der Waals surface area (Å²) in [5, 5.41) is 1.03. The minimum absolute atomic E-state index is 0.0282. The van der Waals surface area contributed by atoms with E-state index in [0.29, 0.717) is 18.4 Å². The molecule has 1 aromatic carbocycles. The molecule has 3 rings (SSSR count). The lowest BCUT2D eigenvalue weighted by Crippen LogP contribution is -2.21. The van der Waals surface area contributed by atoms with Crippen LogP contribution in [-0.4, -0.2) is 10.4 Å². The molecule has 0 N–H and O–H groups in total. The summed E-state index contributed by atoms with van der Waals surface area (Å²) in [4.78, 5) is 23.5. The Kier molecular flexibility index (Phi) is 1.78. The lowest BCUT2D eigenvalue weighted by Gasteiger charge is -2.09. The lowest BCUT2D eigenvalue weighted by molar-refractivity contribution is -0.117. The molecule has 0 spiro atoms. The Labute approximate surface area is 92.3 Å². The second kappa shape index (κ2) is 3.04. The average Bonchev–Trinajstić information content (AvgIpc) is 2.68. The van der Waals surface area contributed by atoms with Crippen molar-refractivity contribution in [2.45, 2.75) is 12.8 Å². The highest BCUT2D eigenvalue weighted by Gasteiger charge is 2.24. The van der Waals surface area contributed by atoms with Crippen molar-refractivity contribution >= 4 is 16.7 Å². The maximum Gasteiger partial charge on any atom is 0.254 e. The number of fused-ring (bicyclic) bond motifs is 3. The van der Waals surface area contributed by atoms with Gasteiger partial charge in [-0.05, 0) is 11.6 Å². The van der Waals surface area contributed by atoms with Gasteiger partial charge in [0.05, 0.1) is 5.52 Å². The van der Waals surface area contributed by atoms with Crippen LogP contribution in [0.5, 0.6) is 0 Å². The van der Waals surface area contributed by atoms with E-state index in [-0.39, 0.29) is 11.3 Å². The third-order valence-electron chi connectivity index (χ3n) is 3.27. The first kappa shape index (κ1) is 9.33. The Balaban J connectivity index is 2.54. The zero-order valence-corrected chi connectivity index (χ0v) is 8.99. The molecule has 0 atom stereocenters. The molecular formula is C13H11NO2. The van der Waals surface area contributed by atoms with Crippen LogP contribution in [0, 0.1) is 0 Å². The minimum atomic E-state index is -0.0282. The monoisotopic (exact) mass is 213 g/mol. The number of ketones is 1. The molecule has 0 saturated heterocycles. The second-order valence-electron chi connectivity index (χ2n) is 4.23. The highest BCUT2D eigenvalue weighted by molar-refractivity contribution is 5.95. The molecule has 0 radical (unpaired) electrons. The van der Waals surface area contributed by atoms with Gasteiger partial charge >= 0.3 is 0 Å². The van der Waals surface area contributed by atoms with Crippen molar-refractivity contribution in [3.8, 4) is 0 Å². The first-order chi connectivity index (χ1) is 7.68. The Morgan fingerprint density at radius 3 is 2.56 bits per heavy atom. The summed E-state index contributed by atoms with van der Waals surface area (Å²) < 4.78 is 1.63. The van der Waals surface area contributed by atoms with Gasteiger partial charge in [0.2, 0.25) is 0 Å². The van der Waals surface area contributed by atoms with Gasteiger partial charge in [-0.3, -0.25) is 9.59 Å². The third kappa shape index (κ3) is 1.08. The van der Waals surface area contributed by atoms with Crippen LogP contribution in [-0.2, 0) is 24.7 Å². The van der Waals surface area contributed by atoms with Crippen molar-refractivity contribution in [3.05, 3.63) is 45.7 Å². The summed E-state index contributed by atoms with van der Waals surface area (Å²) in [6.45, 7) is 0. The first-order valence-electron chi connectivity index (χ1n) is 5.29. The standard InChI is InChI=1S/C13H11NO2/c1-14-12-5-3-2-4-9(12)10-6-8(15)7-11(10)13(14)16/h2-5H,6-7H2,1H3. The van der Waals surface area contributed by atoms with E-state index in [1.54, 1.807) is 11.6 Å². The number of aryl methyl sites for hydroxylation is 1. The number of para-hydroxylation sites is 1. The number of rotatable bonds is 0. The summed E-state index contributed by atoms with van der Waals surface area (Å²) in [6, 6.07) is 7.74. The van der Waals surface area contributed by atoms with Crippen LogP contribution >= 0.6 is 0 Å². The molecule has 3 nitrogen and oxygen atoms in total. The molecule has 1 aromatic heterocycles. The van der Waals surface area contributed by atoms with Gasteiger partial charge in [-0.2, -0.15) is 0 Å². The molecule has 0 amide bonds. The number of carbonyl (C=O) groups is 1. The number of Topliss-reactive ketones (excluding diaryl/α,β-unsaturated/α-hetero) is 1. The van der Waals surface area contributed by atoms with E-state index < -0.39 is 0 Å². The molecule has 2 aromatic rings. The summed E-state index contributed by atoms with van der Waals surface area (Å²) in [5.41, 5.74) is 2.50. The van der Waals surface area contributed by atoms with Crippen molar-refractivity contribution in [2.24, 2.45) is 7.05 Å². The maximum absolute atomic E-state index is 12.0. The van der Waals surface area contributed by atoms with E-state index in [0.717, 1.165) is 16.5 Å². The topological polar surface area (TPSA) is 39.1 Å². The van der Waals surface area contributed by atoms with Crippen molar-refractivity contribution in [1.82, 2.24) is 4.57 Å². The van der Waals surface area contributed by atoms with E-state index in [4.69, 9.17) is 0 Å². The van der Waals surface area contributed by atoms with Crippen LogP contribution in [0.4, 0.5) is 0 Å². The van der Waals surface area contributed by atoms with Gasteiger partial charge in [0, 0.05) is 30.8 Å². The van der Waals surface area contributed by atoms with E-state index in [1.807, 2.05) is 24.3 Å². The predicted molar refractivity (Wildman–Crippen MR) is 61.6 cm³/mol. The molecule has 3 heteroatoms. The van der Waals surface area contributed by atoms with Crippen molar-refractivity contribution in [3.63, 3.8) is 0 Å². The number of benzene rings is 1. The average molecular weight is 213 g/mol. The number of nitrogens with zero attached hydrogens (tertiary/aromatic N) is 1. The van der Waals surface area contributed by atoms with Crippen LogP contribution in [0.15, 0.2) is 29.1 Å². The first-order valence-corrected chi connectivity index (χ1v) is 5.29. The molecule has 1 aliphatic carbocycles. The maximum atomic E-state index is 12.0. The third-order valence-corrected chi connectivity index (χ3v) is 3.27. The molecule has 1 aliphatic rings. The van der Waals surface area contributed by atoms with Crippen LogP contribution < -0.4 is 5.56 Å². The molecule has 16 heavy (non-hydrogen) atoms. The SMILES string of the molecule is Cn1c(=O)c2c(c3ccccc31)CC(=O)C2. The van der Waals surface area contributed by atoms with Crippen LogP contribution in [0.3, 0.4) is 0 Å². The van der Waals surface area contributed by atoms with E-state index >= 15 is 0 Å². The molecule has 1 heterocycles. The van der Waals surface area contributed by atoms with Crippen LogP contribution in [0.25, 0.3) is 10.9 Å². The molecule has 0 bridgehead atoms. The normalized spacial score (nSPS) is 14.4. The minimum Gasteiger partial charge on any atom is -0.311 e. The molecule has 0 fully saturated rings. The molecule has 0 aliphatic heterocycles. The molecule has 80 valence electrons. The number of hydrogen-bond donors (Lipinski definition) is 0. The van der Waals surface area contributed by atoms with E-state index in [9.17, 15) is 9.59 Å². The molecular weight excluding hydrogens is 202 g/mol. The summed E-state index contributed by atoms with van der Waals surface area (Å²) in [7, 11) is 1.76. The fourth-order valence-corrected chi connectivity index (χ4v) is 2.47. The van der Waals surface area contributed by atoms with Crippen LogP contribution in [0.2, 0.25) is 0 Å². The van der Waals surface area contributed by atoms with Crippen molar-refractivity contribution in [1.29, 1.82) is 0 Å². The Hall–Kier alpha value is -1.90. The zero-order chi connectivity index (χ0) is 11.3. The number of pyridine rings is 1. The van der Waals surface area contributed by atoms with Crippen molar-refractivity contribution in [2.75, 3.05) is 0 Å². The van der Waals surface area contributed by atoms with Gasteiger partial charge in [-0.25, -0.2) is 0 Å². The van der Waals surface area contributed by atoms with Gasteiger partial charge in [0.15, 0.2) is 0 Å². The number of aromatic nitrogens is 1. The van der Waals surface area contributed by atoms with Crippen LogP contribution in [0.1, 0.15) is 11.1 Å². The van der Waals surface area contributed by atoms with Gasteiger partial charge in [0.1, 0.15) is 5.78 Å². The van der Waals surface area contributed by atoms with Gasteiger partial charge in [0.25, 0.3) is 5.56 Å². The van der Waals surface area contributed by atoms with Gasteiger partial charge in [-0.15, -0.1) is 0 Å². The smallest absolute Gasteiger partial charge is 0.254 e. The van der Waals surface area contributed by atoms with E-state index in [1.165, 1.54) is 0 Å². The summed E-state index contributed by atoms with van der Waals surface area (Å²) >= 11 is 0. The zero-order valence-electron chi connectivity index (χ0n) is 8.99. The summed E-state index contributed by atoms with van der Waals surface area (Å²) in [5.74, 6) is 0.142. The highest BCUT2D eigenvalue weighted by Crippen LogP contribution is 2.25. The lowest BCUT2D eigenvalue weighted by atomic mass is 10.1. The predicted octanol–water partition coefficient (Wildman–Crippen LogP) is 1.21. The van der Waals surface area contributed by atoms with E-state index in [2.05, 4.69) is 0 Å². The fraction of sp³-hybridized carbons (Fsp3) is 0.231. The fourth-order valence-electron chi connectivity index (χ4n) is 2.47. The quantitative estimate of drug-likeness (QED) is 0.659. The van der Waals surface area contributed by atoms with Crippen molar-refractivity contribution < 1.29 is 4.79 Å².